The van der Waals surface area contributed by atoms with Crippen molar-refractivity contribution in [1.29, 1.82) is 0 Å². The van der Waals surface area contributed by atoms with Crippen molar-refractivity contribution < 1.29 is 28.8 Å². The highest BCUT2D eigenvalue weighted by molar-refractivity contribution is 5.93. The largest absolute Gasteiger partial charge is 0.462 e. The van der Waals surface area contributed by atoms with E-state index in [9.17, 15) is 14.4 Å². The standard InChI is InChI=1S/C19H27N3O5/c1-3-13-27-18(24)15-5-7-16(8-6-15)20-17(23)14-21-9-11-22(12-10-21)19(25)26-4-2/h5-8H,3-4,9-14H2,1-2H3,(H,20,23)/p+1. The predicted molar refractivity (Wildman–Crippen MR) is 99.8 cm³/mol. The molecule has 0 atom stereocenters. The van der Waals surface area contributed by atoms with E-state index in [4.69, 9.17) is 9.47 Å². The number of piperazine rings is 1. The average Bonchev–Trinajstić information content (AvgIpc) is 2.67. The Kier molecular flexibility index (Phi) is 8.06. The number of nitrogens with one attached hydrogen (secondary N) is 2. The van der Waals surface area contributed by atoms with Crippen molar-refractivity contribution in [2.24, 2.45) is 0 Å². The summed E-state index contributed by atoms with van der Waals surface area (Å²) in [5.41, 5.74) is 1.10. The molecule has 0 aromatic heterocycles. The highest BCUT2D eigenvalue weighted by Gasteiger charge is 2.25. The number of hydrogen-bond acceptors (Lipinski definition) is 5. The molecule has 0 spiro atoms. The van der Waals surface area contributed by atoms with Gasteiger partial charge in [-0.25, -0.2) is 9.59 Å². The normalized spacial score (nSPS) is 14.5. The molecule has 2 amide bonds. The van der Waals surface area contributed by atoms with Crippen LogP contribution in [0.15, 0.2) is 24.3 Å². The van der Waals surface area contributed by atoms with E-state index >= 15 is 0 Å². The summed E-state index contributed by atoms with van der Waals surface area (Å²) in [6, 6.07) is 6.65. The third-order valence-electron chi connectivity index (χ3n) is 4.25. The first kappa shape index (κ1) is 20.7. The fourth-order valence-electron chi connectivity index (χ4n) is 2.80. The highest BCUT2D eigenvalue weighted by atomic mass is 16.6. The Balaban J connectivity index is 1.76. The summed E-state index contributed by atoms with van der Waals surface area (Å²) in [5, 5.41) is 2.84. The van der Waals surface area contributed by atoms with Gasteiger partial charge >= 0.3 is 12.1 Å². The minimum Gasteiger partial charge on any atom is -0.462 e. The number of carbonyl (C=O) groups excluding carboxylic acids is 3. The van der Waals surface area contributed by atoms with Crippen molar-refractivity contribution in [3.8, 4) is 0 Å². The first-order valence-electron chi connectivity index (χ1n) is 9.35. The van der Waals surface area contributed by atoms with Crippen LogP contribution in [0.2, 0.25) is 0 Å². The molecule has 2 N–H and O–H groups in total. The van der Waals surface area contributed by atoms with E-state index in [0.29, 0.717) is 57.2 Å². The Labute approximate surface area is 159 Å². The van der Waals surface area contributed by atoms with Gasteiger partial charge in [0.1, 0.15) is 0 Å². The number of rotatable bonds is 7. The molecule has 27 heavy (non-hydrogen) atoms. The van der Waals surface area contributed by atoms with Gasteiger partial charge in [-0.05, 0) is 37.6 Å². The number of esters is 1. The van der Waals surface area contributed by atoms with Crippen molar-refractivity contribution in [1.82, 2.24) is 4.90 Å². The lowest BCUT2D eigenvalue weighted by atomic mass is 10.2. The van der Waals surface area contributed by atoms with Crippen LogP contribution in [0.25, 0.3) is 0 Å². The van der Waals surface area contributed by atoms with Gasteiger partial charge in [-0.3, -0.25) is 9.69 Å². The van der Waals surface area contributed by atoms with E-state index in [2.05, 4.69) is 5.32 Å². The van der Waals surface area contributed by atoms with Crippen LogP contribution in [0.5, 0.6) is 0 Å². The maximum Gasteiger partial charge on any atom is 0.410 e. The summed E-state index contributed by atoms with van der Waals surface area (Å²) >= 11 is 0. The van der Waals surface area contributed by atoms with Gasteiger partial charge in [-0.1, -0.05) is 6.92 Å². The number of hydrogen-bond donors (Lipinski definition) is 2. The molecule has 148 valence electrons. The lowest BCUT2D eigenvalue weighted by Crippen LogP contribution is -3.15. The third kappa shape index (κ3) is 6.56. The predicted octanol–water partition coefficient (Wildman–Crippen LogP) is 0.549. The van der Waals surface area contributed by atoms with Gasteiger partial charge in [0.25, 0.3) is 5.91 Å². The zero-order chi connectivity index (χ0) is 19.6. The fourth-order valence-corrected chi connectivity index (χ4v) is 2.80. The Morgan fingerprint density at radius 3 is 2.33 bits per heavy atom. The minimum absolute atomic E-state index is 0.101. The van der Waals surface area contributed by atoms with Crippen LogP contribution in [-0.4, -0.2) is 68.8 Å². The lowest BCUT2D eigenvalue weighted by molar-refractivity contribution is -0.895. The molecule has 0 saturated carbocycles. The summed E-state index contributed by atoms with van der Waals surface area (Å²) in [4.78, 5) is 38.5. The molecule has 1 aromatic rings. The van der Waals surface area contributed by atoms with E-state index in [1.54, 1.807) is 36.1 Å². The first-order chi connectivity index (χ1) is 13.0. The molecule has 0 bridgehead atoms. The molecule has 1 saturated heterocycles. The monoisotopic (exact) mass is 378 g/mol. The van der Waals surface area contributed by atoms with Crippen LogP contribution < -0.4 is 10.2 Å². The molecular weight excluding hydrogens is 350 g/mol. The third-order valence-corrected chi connectivity index (χ3v) is 4.25. The summed E-state index contributed by atoms with van der Waals surface area (Å²) in [5.74, 6) is -0.463. The van der Waals surface area contributed by atoms with E-state index in [1.165, 1.54) is 0 Å². The van der Waals surface area contributed by atoms with Gasteiger partial charge in [-0.2, -0.15) is 0 Å². The molecule has 0 aliphatic carbocycles. The van der Waals surface area contributed by atoms with Gasteiger partial charge < -0.3 is 19.7 Å². The van der Waals surface area contributed by atoms with Crippen LogP contribution in [0.4, 0.5) is 10.5 Å². The van der Waals surface area contributed by atoms with Crippen LogP contribution >= 0.6 is 0 Å². The molecule has 8 nitrogen and oxygen atoms in total. The molecule has 1 aliphatic rings. The second kappa shape index (κ2) is 10.5. The van der Waals surface area contributed by atoms with Gasteiger partial charge in [0.15, 0.2) is 6.54 Å². The van der Waals surface area contributed by atoms with Gasteiger partial charge in [0, 0.05) is 5.69 Å². The van der Waals surface area contributed by atoms with Crippen LogP contribution in [-0.2, 0) is 14.3 Å². The summed E-state index contributed by atoms with van der Waals surface area (Å²) < 4.78 is 10.1. The van der Waals surface area contributed by atoms with E-state index in [0.717, 1.165) is 11.3 Å². The summed E-state index contributed by atoms with van der Waals surface area (Å²) in [7, 11) is 0. The Morgan fingerprint density at radius 1 is 1.07 bits per heavy atom. The number of benzene rings is 1. The average molecular weight is 378 g/mol. The SMILES string of the molecule is CCCOC(=O)c1ccc(NC(=O)C[NH+]2CCN(C(=O)OCC)CC2)cc1. The molecule has 2 rings (SSSR count). The second-order valence-electron chi connectivity index (χ2n) is 6.37. The Morgan fingerprint density at radius 2 is 1.74 bits per heavy atom. The van der Waals surface area contributed by atoms with Crippen LogP contribution in [0.3, 0.4) is 0 Å². The second-order valence-corrected chi connectivity index (χ2v) is 6.37. The number of carbonyl (C=O) groups is 3. The summed E-state index contributed by atoms with van der Waals surface area (Å²) in [6.45, 7) is 7.37. The minimum atomic E-state index is -0.362. The maximum absolute atomic E-state index is 12.2. The molecule has 1 aliphatic heterocycles. The van der Waals surface area contributed by atoms with Gasteiger partial charge in [0.2, 0.25) is 0 Å². The van der Waals surface area contributed by atoms with Crippen molar-refractivity contribution >= 4 is 23.7 Å². The van der Waals surface area contributed by atoms with Crippen LogP contribution in [0, 0.1) is 0 Å². The Hall–Kier alpha value is -2.61. The van der Waals surface area contributed by atoms with Crippen molar-refractivity contribution in [3.63, 3.8) is 0 Å². The van der Waals surface area contributed by atoms with Gasteiger partial charge in [0.05, 0.1) is 45.0 Å². The number of anilines is 1. The zero-order valence-corrected chi connectivity index (χ0v) is 16.0. The number of ether oxygens (including phenoxy) is 2. The topological polar surface area (TPSA) is 89.4 Å². The fraction of sp³-hybridized carbons (Fsp3) is 0.526. The Bertz CT molecular complexity index is 639. The smallest absolute Gasteiger partial charge is 0.410 e. The zero-order valence-electron chi connectivity index (χ0n) is 16.0. The summed E-state index contributed by atoms with van der Waals surface area (Å²) in [6.07, 6.45) is 0.481. The van der Waals surface area contributed by atoms with Crippen LogP contribution in [0.1, 0.15) is 30.6 Å². The molecular formula is C19H28N3O5+. The quantitative estimate of drug-likeness (QED) is 0.677. The van der Waals surface area contributed by atoms with E-state index in [1.807, 2.05) is 6.92 Å². The van der Waals surface area contributed by atoms with Crippen molar-refractivity contribution in [2.45, 2.75) is 20.3 Å². The van der Waals surface area contributed by atoms with Crippen molar-refractivity contribution in [3.05, 3.63) is 29.8 Å². The number of nitrogens with zero attached hydrogens (tertiary/aromatic N) is 1. The van der Waals surface area contributed by atoms with Crippen molar-refractivity contribution in [2.75, 3.05) is 51.3 Å². The molecule has 1 fully saturated rings. The number of amides is 2. The lowest BCUT2D eigenvalue weighted by Gasteiger charge is -2.31. The van der Waals surface area contributed by atoms with E-state index in [-0.39, 0.29) is 18.0 Å². The molecule has 0 radical (unpaired) electrons. The molecule has 8 heteroatoms. The highest BCUT2D eigenvalue weighted by Crippen LogP contribution is 2.10. The van der Waals surface area contributed by atoms with E-state index < -0.39 is 0 Å². The van der Waals surface area contributed by atoms with Gasteiger partial charge in [-0.15, -0.1) is 0 Å². The number of quaternary nitrogens is 1. The maximum atomic E-state index is 12.2. The first-order valence-corrected chi connectivity index (χ1v) is 9.35. The molecule has 1 heterocycles. The molecule has 1 aromatic carbocycles. The molecule has 0 unspecified atom stereocenters.